The first-order valence-corrected chi connectivity index (χ1v) is 8.05. The number of benzene rings is 1. The lowest BCUT2D eigenvalue weighted by Crippen LogP contribution is -2.29. The molecule has 1 unspecified atom stereocenters. The topological polar surface area (TPSA) is 71.3 Å². The predicted molar refractivity (Wildman–Crippen MR) is 88.3 cm³/mol. The third-order valence-corrected chi connectivity index (χ3v) is 3.70. The van der Waals surface area contributed by atoms with Crippen LogP contribution in [0.2, 0.25) is 0 Å². The van der Waals surface area contributed by atoms with Crippen LogP contribution in [0.1, 0.15) is 47.5 Å². The summed E-state index contributed by atoms with van der Waals surface area (Å²) >= 11 is 0. The highest BCUT2D eigenvalue weighted by molar-refractivity contribution is 5.91. The van der Waals surface area contributed by atoms with Crippen LogP contribution in [0, 0.1) is 0 Å². The number of carbonyl (C=O) groups excluding carboxylic acids is 2. The van der Waals surface area contributed by atoms with E-state index in [4.69, 9.17) is 4.42 Å². The van der Waals surface area contributed by atoms with E-state index in [0.29, 0.717) is 12.0 Å². The van der Waals surface area contributed by atoms with E-state index < -0.39 is 17.8 Å². The molecule has 2 amide bonds. The largest absolute Gasteiger partial charge is 0.459 e. The van der Waals surface area contributed by atoms with E-state index in [1.807, 2.05) is 0 Å². The number of furan rings is 1. The van der Waals surface area contributed by atoms with Gasteiger partial charge in [-0.15, -0.1) is 0 Å². The maximum absolute atomic E-state index is 12.7. The second-order valence-electron chi connectivity index (χ2n) is 5.75. The van der Waals surface area contributed by atoms with Gasteiger partial charge < -0.3 is 15.1 Å². The van der Waals surface area contributed by atoms with E-state index in [9.17, 15) is 22.8 Å². The minimum absolute atomic E-state index is 0.141. The molecule has 0 radical (unpaired) electrons. The Hall–Kier alpha value is -2.77. The highest BCUT2D eigenvalue weighted by Crippen LogP contribution is 2.30. The quantitative estimate of drug-likeness (QED) is 0.733. The van der Waals surface area contributed by atoms with Crippen molar-refractivity contribution in [1.29, 1.82) is 0 Å². The van der Waals surface area contributed by atoms with Gasteiger partial charge in [-0.25, -0.2) is 0 Å². The van der Waals surface area contributed by atoms with Crippen molar-refractivity contribution in [3.63, 3.8) is 0 Å². The lowest BCUT2D eigenvalue weighted by Gasteiger charge is -2.16. The molecule has 8 heteroatoms. The van der Waals surface area contributed by atoms with Crippen molar-refractivity contribution in [2.75, 3.05) is 6.54 Å². The summed E-state index contributed by atoms with van der Waals surface area (Å²) in [5.74, 6) is -0.484. The Balaban J connectivity index is 1.76. The van der Waals surface area contributed by atoms with Gasteiger partial charge in [0.05, 0.1) is 17.9 Å². The van der Waals surface area contributed by atoms with Crippen LogP contribution in [0.15, 0.2) is 47.1 Å². The number of amides is 2. The molecule has 0 aliphatic rings. The highest BCUT2D eigenvalue weighted by atomic mass is 19.4. The lowest BCUT2D eigenvalue weighted by atomic mass is 10.0. The van der Waals surface area contributed by atoms with Gasteiger partial charge in [0, 0.05) is 13.0 Å². The van der Waals surface area contributed by atoms with Crippen molar-refractivity contribution in [2.24, 2.45) is 0 Å². The Morgan fingerprint density at radius 2 is 1.96 bits per heavy atom. The fourth-order valence-corrected chi connectivity index (χ4v) is 2.33. The van der Waals surface area contributed by atoms with Crippen LogP contribution in [-0.4, -0.2) is 18.4 Å². The number of rotatable bonds is 7. The fraction of sp³-hybridized carbons (Fsp3) is 0.333. The zero-order valence-electron chi connectivity index (χ0n) is 14.1. The van der Waals surface area contributed by atoms with Crippen molar-refractivity contribution in [3.8, 4) is 0 Å². The number of carbonyl (C=O) groups is 2. The Morgan fingerprint density at radius 3 is 2.62 bits per heavy atom. The third kappa shape index (κ3) is 5.65. The average Bonchev–Trinajstić information content (AvgIpc) is 3.12. The zero-order chi connectivity index (χ0) is 19.2. The van der Waals surface area contributed by atoms with Crippen LogP contribution in [0.3, 0.4) is 0 Å². The first kappa shape index (κ1) is 19.6. The molecule has 0 fully saturated rings. The predicted octanol–water partition coefficient (Wildman–Crippen LogP) is 3.69. The molecule has 0 bridgehead atoms. The smallest absolute Gasteiger partial charge is 0.416 e. The average molecular weight is 368 g/mol. The fourth-order valence-electron chi connectivity index (χ4n) is 2.33. The summed E-state index contributed by atoms with van der Waals surface area (Å²) in [4.78, 5) is 23.5. The molecule has 1 heterocycles. The van der Waals surface area contributed by atoms with E-state index in [1.165, 1.54) is 24.5 Å². The summed E-state index contributed by atoms with van der Waals surface area (Å²) in [6.45, 7) is 1.90. The number of nitrogens with one attached hydrogen (secondary N) is 2. The summed E-state index contributed by atoms with van der Waals surface area (Å²) in [7, 11) is 0. The SMILES string of the molecule is CC(NC(=O)CCCNC(=O)c1ccco1)c1cccc(C(F)(F)F)c1. The molecule has 0 saturated heterocycles. The maximum atomic E-state index is 12.7. The molecule has 26 heavy (non-hydrogen) atoms. The second kappa shape index (κ2) is 8.55. The third-order valence-electron chi connectivity index (χ3n) is 3.70. The van der Waals surface area contributed by atoms with Crippen LogP contribution < -0.4 is 10.6 Å². The van der Waals surface area contributed by atoms with Gasteiger partial charge in [-0.3, -0.25) is 9.59 Å². The van der Waals surface area contributed by atoms with Gasteiger partial charge in [-0.1, -0.05) is 12.1 Å². The Morgan fingerprint density at radius 1 is 1.19 bits per heavy atom. The Labute approximate surface area is 148 Å². The maximum Gasteiger partial charge on any atom is 0.416 e. The minimum atomic E-state index is -4.42. The van der Waals surface area contributed by atoms with Crippen LogP contribution in [0.25, 0.3) is 0 Å². The number of hydrogen-bond donors (Lipinski definition) is 2. The van der Waals surface area contributed by atoms with Gasteiger partial charge in [-0.2, -0.15) is 13.2 Å². The molecule has 2 aromatic rings. The van der Waals surface area contributed by atoms with Gasteiger partial charge >= 0.3 is 6.18 Å². The second-order valence-corrected chi connectivity index (χ2v) is 5.75. The molecule has 0 spiro atoms. The van der Waals surface area contributed by atoms with Crippen molar-refractivity contribution in [2.45, 2.75) is 32.0 Å². The molecule has 0 aliphatic heterocycles. The number of hydrogen-bond acceptors (Lipinski definition) is 3. The number of halogens is 3. The molecular formula is C18H19F3N2O3. The van der Waals surface area contributed by atoms with Crippen LogP contribution in [0.5, 0.6) is 0 Å². The van der Waals surface area contributed by atoms with Gasteiger partial charge in [0.1, 0.15) is 0 Å². The number of alkyl halides is 3. The molecule has 1 aromatic heterocycles. The van der Waals surface area contributed by atoms with Gasteiger partial charge in [0.25, 0.3) is 5.91 Å². The summed E-state index contributed by atoms with van der Waals surface area (Å²) in [5, 5.41) is 5.26. The molecule has 1 aromatic carbocycles. The van der Waals surface area contributed by atoms with Crippen molar-refractivity contribution in [1.82, 2.24) is 10.6 Å². The molecule has 2 N–H and O–H groups in total. The first-order chi connectivity index (χ1) is 12.3. The molecule has 0 saturated carbocycles. The van der Waals surface area contributed by atoms with Gasteiger partial charge in [-0.05, 0) is 43.2 Å². The molecule has 5 nitrogen and oxygen atoms in total. The molecule has 1 atom stereocenters. The Kier molecular flexibility index (Phi) is 6.43. The standard InChI is InChI=1S/C18H19F3N2O3/c1-12(13-5-2-6-14(11-13)18(19,20)21)23-16(24)8-3-9-22-17(25)15-7-4-10-26-15/h2,4-7,10-12H,3,8-9H2,1H3,(H,22,25)(H,23,24). The minimum Gasteiger partial charge on any atom is -0.459 e. The molecule has 2 rings (SSSR count). The molecule has 140 valence electrons. The summed E-state index contributed by atoms with van der Waals surface area (Å²) < 4.78 is 43.2. The molecule has 0 aliphatic carbocycles. The van der Waals surface area contributed by atoms with E-state index >= 15 is 0 Å². The van der Waals surface area contributed by atoms with Crippen molar-refractivity contribution < 1.29 is 27.2 Å². The van der Waals surface area contributed by atoms with Crippen LogP contribution in [0.4, 0.5) is 13.2 Å². The highest BCUT2D eigenvalue weighted by Gasteiger charge is 2.30. The van der Waals surface area contributed by atoms with Crippen LogP contribution >= 0.6 is 0 Å². The van der Waals surface area contributed by atoms with E-state index in [0.717, 1.165) is 12.1 Å². The van der Waals surface area contributed by atoms with Gasteiger partial charge in [0.15, 0.2) is 5.76 Å². The van der Waals surface area contributed by atoms with E-state index in [2.05, 4.69) is 10.6 Å². The zero-order valence-corrected chi connectivity index (χ0v) is 14.1. The summed E-state index contributed by atoms with van der Waals surface area (Å²) in [5.41, 5.74) is -0.379. The monoisotopic (exact) mass is 368 g/mol. The van der Waals surface area contributed by atoms with E-state index in [1.54, 1.807) is 13.0 Å². The normalized spacial score (nSPS) is 12.5. The first-order valence-electron chi connectivity index (χ1n) is 8.05. The summed E-state index contributed by atoms with van der Waals surface area (Å²) in [6.07, 6.45) is -2.50. The van der Waals surface area contributed by atoms with Crippen LogP contribution in [-0.2, 0) is 11.0 Å². The lowest BCUT2D eigenvalue weighted by molar-refractivity contribution is -0.137. The van der Waals surface area contributed by atoms with Gasteiger partial charge in [0.2, 0.25) is 5.91 Å². The van der Waals surface area contributed by atoms with E-state index in [-0.39, 0.29) is 30.5 Å². The van der Waals surface area contributed by atoms with Crippen molar-refractivity contribution in [3.05, 3.63) is 59.5 Å². The Bertz CT molecular complexity index is 742. The van der Waals surface area contributed by atoms with Crippen molar-refractivity contribution >= 4 is 11.8 Å². The molecular weight excluding hydrogens is 349 g/mol. The summed E-state index contributed by atoms with van der Waals surface area (Å²) in [6, 6.07) is 7.42.